The minimum Gasteiger partial charge on any atom is -0.495 e. The van der Waals surface area contributed by atoms with E-state index in [-0.39, 0.29) is 17.5 Å². The second kappa shape index (κ2) is 10.2. The molecule has 2 heterocycles. The molecule has 0 bridgehead atoms. The van der Waals surface area contributed by atoms with Crippen LogP contribution in [0.15, 0.2) is 52.4 Å². The Labute approximate surface area is 202 Å². The second-order valence-electron chi connectivity index (χ2n) is 7.99. The number of hydrogen-bond donors (Lipinski definition) is 1. The third-order valence-corrected chi connectivity index (χ3v) is 7.09. The molecule has 9 heteroatoms. The number of benzene rings is 2. The van der Waals surface area contributed by atoms with Crippen molar-refractivity contribution in [2.75, 3.05) is 37.8 Å². The number of methoxy groups -OCH3 is 1. The maximum Gasteiger partial charge on any atom is 0.234 e. The van der Waals surface area contributed by atoms with E-state index in [4.69, 9.17) is 26.3 Å². The quantitative estimate of drug-likeness (QED) is 0.629. The summed E-state index contributed by atoms with van der Waals surface area (Å²) >= 11 is 7.50. The Bertz CT molecular complexity index is 1080. The van der Waals surface area contributed by atoms with E-state index in [0.29, 0.717) is 16.5 Å². The summed E-state index contributed by atoms with van der Waals surface area (Å²) in [6, 6.07) is 11.4. The van der Waals surface area contributed by atoms with Crippen LogP contribution in [-0.4, -0.2) is 59.7 Å². The van der Waals surface area contributed by atoms with Crippen LogP contribution >= 0.6 is 23.4 Å². The molecule has 0 unspecified atom stereocenters. The smallest absolute Gasteiger partial charge is 0.234 e. The summed E-state index contributed by atoms with van der Waals surface area (Å²) < 4.78 is 18.6. The molecule has 4 rings (SSSR count). The number of carbonyl (C=O) groups excluding carboxylic acids is 1. The minimum atomic E-state index is -0.502. The summed E-state index contributed by atoms with van der Waals surface area (Å²) in [7, 11) is 1.54. The number of carbonyl (C=O) groups is 1. The standard InChI is InChI=1S/C24H26ClFN4O2S/c1-3-30-12-10-24(11-13-30)28-22(16-4-6-17(26)7-5-16)23(29-24)33-15-21(31)27-18-8-9-20(32-2)19(25)14-18/h4-9,14H,3,10-13,15H2,1-2H3,(H,27,31). The Kier molecular flexibility index (Phi) is 7.36. The molecule has 2 aromatic rings. The third-order valence-electron chi connectivity index (χ3n) is 5.83. The van der Waals surface area contributed by atoms with Crippen LogP contribution in [0.5, 0.6) is 5.75 Å². The van der Waals surface area contributed by atoms with Crippen molar-refractivity contribution in [2.45, 2.75) is 25.4 Å². The van der Waals surface area contributed by atoms with Crippen molar-refractivity contribution in [3.8, 4) is 5.75 Å². The van der Waals surface area contributed by atoms with E-state index < -0.39 is 5.66 Å². The summed E-state index contributed by atoms with van der Waals surface area (Å²) in [6.07, 6.45) is 1.65. The predicted molar refractivity (Wildman–Crippen MR) is 134 cm³/mol. The first-order valence-electron chi connectivity index (χ1n) is 10.9. The van der Waals surface area contributed by atoms with Crippen LogP contribution in [0, 0.1) is 5.82 Å². The Morgan fingerprint density at radius 2 is 1.94 bits per heavy atom. The predicted octanol–water partition coefficient (Wildman–Crippen LogP) is 4.87. The van der Waals surface area contributed by atoms with E-state index in [1.165, 1.54) is 31.0 Å². The third kappa shape index (κ3) is 5.57. The highest BCUT2D eigenvalue weighted by Gasteiger charge is 2.39. The van der Waals surface area contributed by atoms with Gasteiger partial charge in [-0.3, -0.25) is 9.79 Å². The second-order valence-corrected chi connectivity index (χ2v) is 9.36. The molecule has 2 aromatic carbocycles. The summed E-state index contributed by atoms with van der Waals surface area (Å²) in [5.74, 6) is 0.236. The SMILES string of the molecule is CCN1CCC2(CC1)N=C(SCC(=O)Nc1ccc(OC)c(Cl)c1)C(c1ccc(F)cc1)=N2. The maximum atomic E-state index is 13.5. The van der Waals surface area contributed by atoms with Crippen LogP contribution < -0.4 is 10.1 Å². The number of likely N-dealkylation sites (tertiary alicyclic amines) is 1. The minimum absolute atomic E-state index is 0.167. The number of piperidine rings is 1. The van der Waals surface area contributed by atoms with Gasteiger partial charge in [-0.05, 0) is 49.0 Å². The van der Waals surface area contributed by atoms with E-state index in [0.717, 1.165) is 48.8 Å². The van der Waals surface area contributed by atoms with Crippen LogP contribution in [0.1, 0.15) is 25.3 Å². The van der Waals surface area contributed by atoms with Gasteiger partial charge in [-0.2, -0.15) is 0 Å². The average Bonchev–Trinajstić information content (AvgIpc) is 3.17. The maximum absolute atomic E-state index is 13.5. The molecular weight excluding hydrogens is 463 g/mol. The Balaban J connectivity index is 1.48. The number of anilines is 1. The monoisotopic (exact) mass is 488 g/mol. The van der Waals surface area contributed by atoms with Crippen molar-refractivity contribution in [1.82, 2.24) is 4.90 Å². The molecule has 0 radical (unpaired) electrons. The highest BCUT2D eigenvalue weighted by Crippen LogP contribution is 2.35. The molecule has 1 fully saturated rings. The van der Waals surface area contributed by atoms with Crippen LogP contribution in [0.2, 0.25) is 5.02 Å². The lowest BCUT2D eigenvalue weighted by atomic mass is 9.98. The number of thioether (sulfide) groups is 1. The number of ether oxygens (including phenoxy) is 1. The van der Waals surface area contributed by atoms with Gasteiger partial charge in [0.15, 0.2) is 5.66 Å². The van der Waals surface area contributed by atoms with Crippen molar-refractivity contribution in [3.05, 3.63) is 58.9 Å². The van der Waals surface area contributed by atoms with Crippen molar-refractivity contribution in [1.29, 1.82) is 0 Å². The van der Waals surface area contributed by atoms with E-state index in [1.807, 2.05) is 0 Å². The fraction of sp³-hybridized carbons (Fsp3) is 0.375. The summed E-state index contributed by atoms with van der Waals surface area (Å²) in [5.41, 5.74) is 1.62. The molecule has 0 aromatic heterocycles. The molecule has 1 saturated heterocycles. The molecule has 2 aliphatic rings. The van der Waals surface area contributed by atoms with Gasteiger partial charge in [0, 0.05) is 37.2 Å². The molecule has 174 valence electrons. The number of halogens is 2. The van der Waals surface area contributed by atoms with Crippen molar-refractivity contribution < 1.29 is 13.9 Å². The van der Waals surface area contributed by atoms with Crippen LogP contribution in [0.4, 0.5) is 10.1 Å². The molecule has 1 amide bonds. The molecule has 6 nitrogen and oxygen atoms in total. The van der Waals surface area contributed by atoms with E-state index >= 15 is 0 Å². The first-order valence-corrected chi connectivity index (χ1v) is 12.2. The summed E-state index contributed by atoms with van der Waals surface area (Å²) in [6.45, 7) is 5.01. The highest BCUT2D eigenvalue weighted by molar-refractivity contribution is 8.16. The number of nitrogens with one attached hydrogen (secondary N) is 1. The molecule has 0 aliphatic carbocycles. The summed E-state index contributed by atoms with van der Waals surface area (Å²) in [5, 5.41) is 4.00. The fourth-order valence-corrected chi connectivity index (χ4v) is 5.08. The van der Waals surface area contributed by atoms with Gasteiger partial charge in [0.2, 0.25) is 5.91 Å². The number of rotatable bonds is 6. The normalized spacial score (nSPS) is 17.6. The molecule has 0 saturated carbocycles. The van der Waals surface area contributed by atoms with Gasteiger partial charge >= 0.3 is 0 Å². The van der Waals surface area contributed by atoms with Gasteiger partial charge in [-0.25, -0.2) is 9.38 Å². The number of nitrogens with zero attached hydrogens (tertiary/aromatic N) is 3. The largest absolute Gasteiger partial charge is 0.495 e. The van der Waals surface area contributed by atoms with Gasteiger partial charge in [0.1, 0.15) is 16.6 Å². The van der Waals surface area contributed by atoms with Gasteiger partial charge in [0.25, 0.3) is 0 Å². The first-order chi connectivity index (χ1) is 15.9. The van der Waals surface area contributed by atoms with E-state index in [1.54, 1.807) is 30.3 Å². The number of hydrogen-bond acceptors (Lipinski definition) is 6. The fourth-order valence-electron chi connectivity index (χ4n) is 3.95. The Hall–Kier alpha value is -2.42. The van der Waals surface area contributed by atoms with Crippen molar-refractivity contribution in [2.24, 2.45) is 9.98 Å². The summed E-state index contributed by atoms with van der Waals surface area (Å²) in [4.78, 5) is 25.0. The lowest BCUT2D eigenvalue weighted by Crippen LogP contribution is -2.41. The molecule has 0 atom stereocenters. The van der Waals surface area contributed by atoms with Crippen molar-refractivity contribution in [3.63, 3.8) is 0 Å². The van der Waals surface area contributed by atoms with Crippen LogP contribution in [-0.2, 0) is 4.79 Å². The zero-order valence-corrected chi connectivity index (χ0v) is 20.2. The first kappa shape index (κ1) is 23.7. The molecule has 33 heavy (non-hydrogen) atoms. The molecule has 1 N–H and O–H groups in total. The number of aliphatic imine (C=N–C) groups is 2. The van der Waals surface area contributed by atoms with Crippen LogP contribution in [0.25, 0.3) is 0 Å². The van der Waals surface area contributed by atoms with Gasteiger partial charge in [-0.1, -0.05) is 30.3 Å². The van der Waals surface area contributed by atoms with Crippen LogP contribution in [0.3, 0.4) is 0 Å². The highest BCUT2D eigenvalue weighted by atomic mass is 35.5. The zero-order chi connectivity index (χ0) is 23.4. The Morgan fingerprint density at radius 3 is 2.58 bits per heavy atom. The lowest BCUT2D eigenvalue weighted by molar-refractivity contribution is -0.113. The average molecular weight is 489 g/mol. The van der Waals surface area contributed by atoms with Gasteiger partial charge in [0.05, 0.1) is 23.6 Å². The number of amides is 1. The van der Waals surface area contributed by atoms with E-state index in [2.05, 4.69) is 17.1 Å². The Morgan fingerprint density at radius 1 is 1.21 bits per heavy atom. The zero-order valence-electron chi connectivity index (χ0n) is 18.6. The van der Waals surface area contributed by atoms with Gasteiger partial charge < -0.3 is 15.0 Å². The van der Waals surface area contributed by atoms with Gasteiger partial charge in [-0.15, -0.1) is 0 Å². The molecule has 1 spiro atoms. The molecular formula is C24H26ClFN4O2S. The lowest BCUT2D eigenvalue weighted by Gasteiger charge is -2.34. The molecule has 2 aliphatic heterocycles. The van der Waals surface area contributed by atoms with Crippen molar-refractivity contribution >= 4 is 45.7 Å². The topological polar surface area (TPSA) is 66.3 Å². The van der Waals surface area contributed by atoms with E-state index in [9.17, 15) is 9.18 Å².